The normalized spacial score (nSPS) is 19.9. The van der Waals surface area contributed by atoms with Gasteiger partial charge in [-0.1, -0.05) is 6.42 Å². The Morgan fingerprint density at radius 1 is 0.451 bits per heavy atom. The van der Waals surface area contributed by atoms with E-state index in [1.165, 1.54) is 9.34 Å². The van der Waals surface area contributed by atoms with Crippen LogP contribution in [0.1, 0.15) is 25.7 Å². The summed E-state index contributed by atoms with van der Waals surface area (Å²) in [6.45, 7) is 0.151. The van der Waals surface area contributed by atoms with Crippen LogP contribution in [0.15, 0.2) is 0 Å². The van der Waals surface area contributed by atoms with Crippen LogP contribution in [0.2, 0.25) is 0 Å². The molecule has 0 radical (unpaired) electrons. The smallest absolute Gasteiger partial charge is 0.379 e. The molecule has 0 bridgehead atoms. The van der Waals surface area contributed by atoms with Gasteiger partial charge in [0.25, 0.3) is 0 Å². The van der Waals surface area contributed by atoms with Gasteiger partial charge in [0.15, 0.2) is 0 Å². The Balaban J connectivity index is 2.23. The van der Waals surface area contributed by atoms with E-state index in [-0.39, 0.29) is 52.6 Å². The van der Waals surface area contributed by atoms with Crippen molar-refractivity contribution in [1.29, 1.82) is 0 Å². The molecule has 28 heteroatoms. The maximum absolute atomic E-state index is 14.2. The van der Waals surface area contributed by atoms with Crippen molar-refractivity contribution in [2.45, 2.75) is 85.2 Å². The van der Waals surface area contributed by atoms with E-state index in [1.807, 2.05) is 0 Å². The van der Waals surface area contributed by atoms with Gasteiger partial charge in [-0.2, -0.15) is 92.2 Å². The lowest BCUT2D eigenvalue weighted by atomic mass is 9.85. The second-order valence-corrected chi connectivity index (χ2v) is 13.4. The van der Waals surface area contributed by atoms with Gasteiger partial charge >= 0.3 is 67.1 Å². The van der Waals surface area contributed by atoms with Crippen LogP contribution >= 0.6 is 7.67 Å². The van der Waals surface area contributed by atoms with Crippen molar-refractivity contribution < 1.29 is 111 Å². The maximum atomic E-state index is 14.2. The van der Waals surface area contributed by atoms with Crippen molar-refractivity contribution in [2.24, 2.45) is 0 Å². The molecule has 0 amide bonds. The molecule has 2 saturated heterocycles. The van der Waals surface area contributed by atoms with E-state index in [2.05, 4.69) is 0 Å². The number of unbranched alkanes of at least 4 members (excludes halogenated alkanes) is 2. The first kappa shape index (κ1) is 45.7. The summed E-state index contributed by atoms with van der Waals surface area (Å²) in [5.41, 5.74) is 0. The molecule has 0 aromatic rings. The zero-order valence-electron chi connectivity index (χ0n) is 25.1. The number of alkyl halides is 21. The first-order valence-corrected chi connectivity index (χ1v) is 15.6. The molecule has 0 aromatic heterocycles. The van der Waals surface area contributed by atoms with E-state index in [4.69, 9.17) is 14.0 Å². The molecule has 2 aliphatic heterocycles. The number of nitrogens with zero attached hydrogens (tertiary/aromatic N) is 2. The number of hydrogen-bond donors (Lipinski definition) is 0. The standard InChI is InChI=1S/C23H26F21N2O4P/c24-14(25,4-2-1-3-9-50-51(47,45-5-10-48-11-6-45)46-7-12-49-13-8-46)15(26,27)16(28,29)17(30,31)18(32,33)19(34,35)20(36,37)21(38,39)22(40,41)23(42,43)44/h1-13H2. The Bertz CT molecular complexity index is 1200. The van der Waals surface area contributed by atoms with Crippen molar-refractivity contribution in [3.63, 3.8) is 0 Å². The van der Waals surface area contributed by atoms with Gasteiger partial charge in [-0.15, -0.1) is 0 Å². The van der Waals surface area contributed by atoms with Gasteiger partial charge in [-0.05, 0) is 12.8 Å². The Labute approximate surface area is 273 Å². The van der Waals surface area contributed by atoms with E-state index in [0.717, 1.165) is 0 Å². The molecule has 2 heterocycles. The number of hydrogen-bond acceptors (Lipinski definition) is 4. The van der Waals surface area contributed by atoms with Crippen molar-refractivity contribution in [2.75, 3.05) is 59.2 Å². The van der Waals surface area contributed by atoms with Gasteiger partial charge in [0.05, 0.1) is 33.0 Å². The maximum Gasteiger partial charge on any atom is 0.460 e. The predicted molar refractivity (Wildman–Crippen MR) is 127 cm³/mol. The summed E-state index contributed by atoms with van der Waals surface area (Å²) in [6.07, 6.45) is -13.4. The Morgan fingerprint density at radius 2 is 0.765 bits per heavy atom. The minimum Gasteiger partial charge on any atom is -0.379 e. The van der Waals surface area contributed by atoms with Gasteiger partial charge in [0, 0.05) is 32.6 Å². The van der Waals surface area contributed by atoms with Gasteiger partial charge in [0.2, 0.25) is 0 Å². The van der Waals surface area contributed by atoms with Gasteiger partial charge < -0.3 is 14.0 Å². The minimum absolute atomic E-state index is 0.0832. The molecule has 0 saturated carbocycles. The highest BCUT2D eigenvalue weighted by Gasteiger charge is 2.97. The lowest BCUT2D eigenvalue weighted by Crippen LogP contribution is -2.76. The topological polar surface area (TPSA) is 51.2 Å². The fraction of sp³-hybridized carbons (Fsp3) is 1.00. The summed E-state index contributed by atoms with van der Waals surface area (Å²) in [4.78, 5) is 0. The molecule has 2 rings (SSSR count). The lowest BCUT2D eigenvalue weighted by Gasteiger charge is -2.44. The van der Waals surface area contributed by atoms with Gasteiger partial charge in [-0.3, -0.25) is 4.57 Å². The first-order valence-electron chi connectivity index (χ1n) is 14.0. The fourth-order valence-electron chi connectivity index (χ4n) is 4.51. The highest BCUT2D eigenvalue weighted by atomic mass is 31.2. The van der Waals surface area contributed by atoms with Crippen molar-refractivity contribution in [3.05, 3.63) is 0 Å². The molecule has 304 valence electrons. The zero-order chi connectivity index (χ0) is 40.0. The molecular weight excluding hydrogens is 798 g/mol. The van der Waals surface area contributed by atoms with E-state index >= 15 is 0 Å². The first-order chi connectivity index (χ1) is 22.7. The highest BCUT2D eigenvalue weighted by Crippen LogP contribution is 2.66. The fourth-order valence-corrected chi connectivity index (χ4v) is 6.90. The summed E-state index contributed by atoms with van der Waals surface area (Å²) in [5.74, 6) is -77.0. The minimum atomic E-state index is -9.20. The monoisotopic (exact) mass is 824 g/mol. The third kappa shape index (κ3) is 7.49. The van der Waals surface area contributed by atoms with Crippen molar-refractivity contribution in [3.8, 4) is 0 Å². The van der Waals surface area contributed by atoms with Crippen LogP contribution in [0.4, 0.5) is 92.2 Å². The van der Waals surface area contributed by atoms with Crippen molar-refractivity contribution >= 4 is 7.67 Å². The Kier molecular flexibility index (Phi) is 13.1. The van der Waals surface area contributed by atoms with Crippen LogP contribution in [0, 0.1) is 0 Å². The summed E-state index contributed by atoms with van der Waals surface area (Å²) in [5, 5.41) is 0. The Morgan fingerprint density at radius 3 is 1.10 bits per heavy atom. The van der Waals surface area contributed by atoms with Crippen LogP contribution in [0.25, 0.3) is 0 Å². The van der Waals surface area contributed by atoms with Crippen LogP contribution < -0.4 is 0 Å². The summed E-state index contributed by atoms with van der Waals surface area (Å²) in [6, 6.07) is 0. The number of ether oxygens (including phenoxy) is 2. The molecule has 0 aliphatic carbocycles. The molecule has 0 atom stereocenters. The van der Waals surface area contributed by atoms with Gasteiger partial charge in [-0.25, -0.2) is 9.34 Å². The number of rotatable bonds is 17. The number of halogens is 21. The third-order valence-corrected chi connectivity index (χ3v) is 10.4. The van der Waals surface area contributed by atoms with Gasteiger partial charge in [0.1, 0.15) is 0 Å². The van der Waals surface area contributed by atoms with E-state index in [9.17, 15) is 96.8 Å². The van der Waals surface area contributed by atoms with E-state index < -0.39 is 99.4 Å². The van der Waals surface area contributed by atoms with E-state index in [1.54, 1.807) is 0 Å². The van der Waals surface area contributed by atoms with Crippen LogP contribution in [-0.4, -0.2) is 128 Å². The summed E-state index contributed by atoms with van der Waals surface area (Å²) in [7, 11) is -3.86. The Hall–Kier alpha value is -1.44. The quantitative estimate of drug-likeness (QED) is 0.0833. The number of morpholine rings is 2. The average Bonchev–Trinajstić information content (AvgIpc) is 3.02. The molecule has 6 nitrogen and oxygen atoms in total. The van der Waals surface area contributed by atoms with E-state index in [0.29, 0.717) is 0 Å². The molecular formula is C23H26F21N2O4P. The third-order valence-electron chi connectivity index (χ3n) is 7.66. The average molecular weight is 824 g/mol. The SMILES string of the molecule is O=P(OCCCCCC(F)(F)C(F)(F)C(F)(F)C(F)(F)C(F)(F)C(F)(F)C(F)(F)C(F)(F)C(F)(F)C(F)(F)F)(N1CCOCC1)N1CCOCC1. The second-order valence-electron chi connectivity index (χ2n) is 11.1. The highest BCUT2D eigenvalue weighted by molar-refractivity contribution is 7.54. The largest absolute Gasteiger partial charge is 0.460 e. The molecule has 2 aliphatic rings. The molecule has 0 N–H and O–H groups in total. The summed E-state index contributed by atoms with van der Waals surface area (Å²) >= 11 is 0. The van der Waals surface area contributed by atoms with Crippen molar-refractivity contribution in [1.82, 2.24) is 9.34 Å². The zero-order valence-corrected chi connectivity index (χ0v) is 26.0. The second kappa shape index (κ2) is 14.7. The van der Waals surface area contributed by atoms with Crippen LogP contribution in [-0.2, 0) is 18.6 Å². The predicted octanol–water partition coefficient (Wildman–Crippen LogP) is 8.62. The molecule has 0 unspecified atom stereocenters. The summed E-state index contributed by atoms with van der Waals surface area (Å²) < 4.78 is 316. The molecule has 0 aromatic carbocycles. The molecule has 0 spiro atoms. The molecule has 51 heavy (non-hydrogen) atoms. The van der Waals surface area contributed by atoms with Crippen LogP contribution in [0.5, 0.6) is 0 Å². The lowest BCUT2D eigenvalue weighted by molar-refractivity contribution is -0.474. The van der Waals surface area contributed by atoms with Crippen LogP contribution in [0.3, 0.4) is 0 Å². The molecule has 2 fully saturated rings.